The molecule has 0 bridgehead atoms. The molecule has 0 radical (unpaired) electrons. The molecule has 0 spiro atoms. The van der Waals surface area contributed by atoms with Gasteiger partial charge in [0, 0.05) is 19.2 Å². The summed E-state index contributed by atoms with van der Waals surface area (Å²) >= 11 is 0. The lowest BCUT2D eigenvalue weighted by Crippen LogP contribution is -2.28. The number of rotatable bonds is 14. The second kappa shape index (κ2) is 13.4. The standard InChI is InChI=1S/C28H32N4O8S/c1-32(41(34,35)21-11-9-19(36-2)10-12-21)28-27(29-22-7-5-6-8-23(22)31-28)30-24-17-20(37-3)18-25(38-4)26(24)40-16-15-39-14-13-33/h5-12,17-18,33H,13-16H2,1-4H3,(H,29,30). The van der Waals surface area contributed by atoms with E-state index >= 15 is 0 Å². The van der Waals surface area contributed by atoms with Gasteiger partial charge in [0.1, 0.15) is 18.1 Å². The van der Waals surface area contributed by atoms with Gasteiger partial charge >= 0.3 is 0 Å². The maximum atomic E-state index is 13.7. The lowest BCUT2D eigenvalue weighted by molar-refractivity contribution is 0.0700. The van der Waals surface area contributed by atoms with Crippen molar-refractivity contribution >= 4 is 38.4 Å². The normalized spacial score (nSPS) is 11.2. The minimum atomic E-state index is -4.04. The third kappa shape index (κ3) is 6.70. The van der Waals surface area contributed by atoms with Gasteiger partial charge in [0.05, 0.1) is 62.8 Å². The minimum absolute atomic E-state index is 0.0525. The fourth-order valence-corrected chi connectivity index (χ4v) is 5.05. The molecule has 0 aliphatic heterocycles. The van der Waals surface area contributed by atoms with Crippen LogP contribution in [-0.2, 0) is 14.8 Å². The SMILES string of the molecule is COc1ccc(S(=O)(=O)N(C)c2nc3ccccc3nc2Nc2cc(OC)cc(OC)c2OCCOCCO)cc1. The highest BCUT2D eigenvalue weighted by Gasteiger charge is 2.27. The first-order valence-electron chi connectivity index (χ1n) is 12.6. The largest absolute Gasteiger partial charge is 0.497 e. The second-order valence-corrected chi connectivity index (χ2v) is 10.5. The van der Waals surface area contributed by atoms with Crippen LogP contribution in [0.15, 0.2) is 65.6 Å². The van der Waals surface area contributed by atoms with E-state index in [4.69, 9.17) is 33.8 Å². The minimum Gasteiger partial charge on any atom is -0.497 e. The summed E-state index contributed by atoms with van der Waals surface area (Å²) in [6, 6.07) is 16.5. The van der Waals surface area contributed by atoms with Gasteiger partial charge in [0.25, 0.3) is 10.0 Å². The molecule has 0 saturated heterocycles. The number of sulfonamides is 1. The van der Waals surface area contributed by atoms with Crippen LogP contribution in [-0.4, -0.2) is 78.3 Å². The summed E-state index contributed by atoms with van der Waals surface area (Å²) in [4.78, 5) is 9.42. The molecule has 2 N–H and O–H groups in total. The molecular weight excluding hydrogens is 552 g/mol. The van der Waals surface area contributed by atoms with E-state index in [-0.39, 0.29) is 43.0 Å². The summed E-state index contributed by atoms with van der Waals surface area (Å²) in [5.74, 6) is 1.88. The molecule has 0 saturated carbocycles. The molecule has 218 valence electrons. The van der Waals surface area contributed by atoms with Crippen LogP contribution in [0.5, 0.6) is 23.0 Å². The molecule has 0 aliphatic carbocycles. The molecule has 12 nitrogen and oxygen atoms in total. The number of hydrogen-bond donors (Lipinski definition) is 2. The number of aromatic nitrogens is 2. The van der Waals surface area contributed by atoms with Crippen LogP contribution in [0.4, 0.5) is 17.3 Å². The Morgan fingerprint density at radius 1 is 0.854 bits per heavy atom. The number of fused-ring (bicyclic) bond motifs is 1. The van der Waals surface area contributed by atoms with Gasteiger partial charge < -0.3 is 34.1 Å². The monoisotopic (exact) mass is 584 g/mol. The van der Waals surface area contributed by atoms with Gasteiger partial charge in [-0.2, -0.15) is 0 Å². The van der Waals surface area contributed by atoms with Crippen LogP contribution in [0.2, 0.25) is 0 Å². The van der Waals surface area contributed by atoms with Crippen LogP contribution in [0.1, 0.15) is 0 Å². The molecule has 0 unspecified atom stereocenters. The van der Waals surface area contributed by atoms with Gasteiger partial charge in [-0.25, -0.2) is 22.7 Å². The first-order chi connectivity index (χ1) is 19.8. The van der Waals surface area contributed by atoms with Gasteiger partial charge in [0.2, 0.25) is 0 Å². The molecule has 0 fully saturated rings. The molecule has 13 heteroatoms. The van der Waals surface area contributed by atoms with Gasteiger partial charge in [-0.3, -0.25) is 0 Å². The van der Waals surface area contributed by atoms with E-state index in [9.17, 15) is 8.42 Å². The Balaban J connectivity index is 1.80. The van der Waals surface area contributed by atoms with Crippen LogP contribution in [0.3, 0.4) is 0 Å². The molecular formula is C28H32N4O8S. The van der Waals surface area contributed by atoms with Crippen molar-refractivity contribution in [1.29, 1.82) is 0 Å². The van der Waals surface area contributed by atoms with E-state index in [1.54, 1.807) is 42.5 Å². The highest BCUT2D eigenvalue weighted by Crippen LogP contribution is 2.42. The zero-order chi connectivity index (χ0) is 29.4. The zero-order valence-corrected chi connectivity index (χ0v) is 24.0. The summed E-state index contributed by atoms with van der Waals surface area (Å²) < 4.78 is 55.8. The third-order valence-electron chi connectivity index (χ3n) is 6.01. The number of aliphatic hydroxyl groups excluding tert-OH is 1. The lowest BCUT2D eigenvalue weighted by atomic mass is 10.2. The number of aliphatic hydroxyl groups is 1. The Labute approximate surface area is 238 Å². The molecule has 1 heterocycles. The van der Waals surface area contributed by atoms with Crippen LogP contribution >= 0.6 is 0 Å². The first-order valence-corrected chi connectivity index (χ1v) is 14.0. The highest BCUT2D eigenvalue weighted by molar-refractivity contribution is 7.92. The van der Waals surface area contributed by atoms with E-state index in [0.29, 0.717) is 39.7 Å². The maximum absolute atomic E-state index is 13.7. The number of ether oxygens (including phenoxy) is 5. The van der Waals surface area contributed by atoms with E-state index in [2.05, 4.69) is 10.3 Å². The predicted molar refractivity (Wildman–Crippen MR) is 154 cm³/mol. The Bertz CT molecular complexity index is 1580. The summed E-state index contributed by atoms with van der Waals surface area (Å²) in [7, 11) is 1.88. The molecule has 0 atom stereocenters. The van der Waals surface area contributed by atoms with Crippen molar-refractivity contribution in [3.05, 3.63) is 60.7 Å². The molecule has 0 aliphatic rings. The second-order valence-electron chi connectivity index (χ2n) is 8.55. The quantitative estimate of drug-likeness (QED) is 0.210. The van der Waals surface area contributed by atoms with Crippen molar-refractivity contribution in [2.45, 2.75) is 4.90 Å². The van der Waals surface area contributed by atoms with Crippen molar-refractivity contribution in [3.8, 4) is 23.0 Å². The molecule has 4 rings (SSSR count). The zero-order valence-electron chi connectivity index (χ0n) is 23.2. The summed E-state index contributed by atoms with van der Waals surface area (Å²) in [6.45, 7) is 0.451. The average Bonchev–Trinajstić information content (AvgIpc) is 3.00. The van der Waals surface area contributed by atoms with Gasteiger partial charge in [0.15, 0.2) is 23.1 Å². The number of hydrogen-bond acceptors (Lipinski definition) is 11. The van der Waals surface area contributed by atoms with Crippen molar-refractivity contribution in [3.63, 3.8) is 0 Å². The Morgan fingerprint density at radius 3 is 2.17 bits per heavy atom. The Hall–Kier alpha value is -4.33. The highest BCUT2D eigenvalue weighted by atomic mass is 32.2. The summed E-state index contributed by atoms with van der Waals surface area (Å²) in [6.07, 6.45) is 0. The number of benzene rings is 3. The van der Waals surface area contributed by atoms with Crippen LogP contribution < -0.4 is 28.6 Å². The van der Waals surface area contributed by atoms with E-state index < -0.39 is 10.0 Å². The van der Waals surface area contributed by atoms with E-state index in [1.165, 1.54) is 40.5 Å². The van der Waals surface area contributed by atoms with Crippen LogP contribution in [0, 0.1) is 0 Å². The molecule has 1 aromatic heterocycles. The summed E-state index contributed by atoms with van der Waals surface area (Å²) in [5, 5.41) is 12.1. The predicted octanol–water partition coefficient (Wildman–Crippen LogP) is 3.61. The van der Waals surface area contributed by atoms with Crippen molar-refractivity contribution in [1.82, 2.24) is 9.97 Å². The Morgan fingerprint density at radius 2 is 1.54 bits per heavy atom. The van der Waals surface area contributed by atoms with Gasteiger partial charge in [-0.15, -0.1) is 0 Å². The molecule has 0 amide bonds. The van der Waals surface area contributed by atoms with Gasteiger partial charge in [-0.05, 0) is 36.4 Å². The molecule has 4 aromatic rings. The lowest BCUT2D eigenvalue weighted by Gasteiger charge is -2.23. The topological polar surface area (TPSA) is 142 Å². The number of nitrogens with zero attached hydrogens (tertiary/aromatic N) is 3. The number of anilines is 3. The summed E-state index contributed by atoms with van der Waals surface area (Å²) in [5.41, 5.74) is 1.44. The van der Waals surface area contributed by atoms with Crippen molar-refractivity contribution in [2.75, 3.05) is 64.4 Å². The van der Waals surface area contributed by atoms with E-state index in [1.807, 2.05) is 6.07 Å². The van der Waals surface area contributed by atoms with Crippen molar-refractivity contribution < 1.29 is 37.2 Å². The third-order valence-corrected chi connectivity index (χ3v) is 7.78. The van der Waals surface area contributed by atoms with Crippen LogP contribution in [0.25, 0.3) is 11.0 Å². The maximum Gasteiger partial charge on any atom is 0.265 e. The van der Waals surface area contributed by atoms with Crippen molar-refractivity contribution in [2.24, 2.45) is 0 Å². The first kappa shape index (κ1) is 29.6. The Kier molecular flexibility index (Phi) is 9.65. The number of para-hydroxylation sites is 2. The van der Waals surface area contributed by atoms with Gasteiger partial charge in [-0.1, -0.05) is 12.1 Å². The fourth-order valence-electron chi connectivity index (χ4n) is 3.90. The number of nitrogens with one attached hydrogen (secondary N) is 1. The number of methoxy groups -OCH3 is 3. The molecule has 41 heavy (non-hydrogen) atoms. The van der Waals surface area contributed by atoms with E-state index in [0.717, 1.165) is 4.31 Å². The molecule has 3 aromatic carbocycles. The smallest absolute Gasteiger partial charge is 0.265 e. The average molecular weight is 585 g/mol. The fraction of sp³-hybridized carbons (Fsp3) is 0.286.